The fourth-order valence-electron chi connectivity index (χ4n) is 1.51. The topological polar surface area (TPSA) is 134 Å². The maximum atomic E-state index is 11.4. The van der Waals surface area contributed by atoms with Gasteiger partial charge in [0, 0.05) is 19.8 Å². The number of nitrogens with one attached hydrogen (secondary N) is 2. The van der Waals surface area contributed by atoms with Gasteiger partial charge in [0.15, 0.2) is 0 Å². The molecule has 0 unspecified atom stereocenters. The first-order chi connectivity index (χ1) is 9.38. The van der Waals surface area contributed by atoms with Gasteiger partial charge in [-0.15, -0.1) is 0 Å². The minimum atomic E-state index is -1.45. The fraction of sp³-hybridized carbons (Fsp3) is 0.455. The van der Waals surface area contributed by atoms with Gasteiger partial charge in [0.25, 0.3) is 0 Å². The third-order valence-corrected chi connectivity index (χ3v) is 2.44. The molecule has 2 amide bonds. The van der Waals surface area contributed by atoms with Crippen LogP contribution in [0.3, 0.4) is 0 Å². The van der Waals surface area contributed by atoms with Crippen LogP contribution in [0.25, 0.3) is 0 Å². The summed E-state index contributed by atoms with van der Waals surface area (Å²) in [6.07, 6.45) is 3.32. The van der Waals surface area contributed by atoms with Crippen LogP contribution in [0, 0.1) is 0 Å². The minimum Gasteiger partial charge on any atom is -0.481 e. The molecular formula is C11H16N4O5. The Hall–Kier alpha value is -2.58. The summed E-state index contributed by atoms with van der Waals surface area (Å²) >= 11 is 0. The lowest BCUT2D eigenvalue weighted by Crippen LogP contribution is -2.47. The molecular weight excluding hydrogens is 268 g/mol. The number of carbonyl (C=O) groups excluding carboxylic acids is 1. The van der Waals surface area contributed by atoms with E-state index >= 15 is 0 Å². The Kier molecular flexibility index (Phi) is 5.51. The van der Waals surface area contributed by atoms with Crippen molar-refractivity contribution < 1.29 is 24.6 Å². The second-order valence-electron chi connectivity index (χ2n) is 4.16. The smallest absolute Gasteiger partial charge is 0.326 e. The Labute approximate surface area is 114 Å². The molecule has 1 aromatic rings. The van der Waals surface area contributed by atoms with Crippen LogP contribution in [0.5, 0.6) is 0 Å². The molecule has 0 radical (unpaired) electrons. The lowest BCUT2D eigenvalue weighted by molar-refractivity contribution is -0.145. The molecule has 1 rings (SSSR count). The molecule has 0 aliphatic rings. The highest BCUT2D eigenvalue weighted by Gasteiger charge is 2.22. The fourth-order valence-corrected chi connectivity index (χ4v) is 1.51. The van der Waals surface area contributed by atoms with Crippen molar-refractivity contribution in [1.29, 1.82) is 0 Å². The molecule has 1 atom stereocenters. The highest BCUT2D eigenvalue weighted by molar-refractivity contribution is 5.86. The predicted octanol–water partition coefficient (Wildman–Crippen LogP) is -0.810. The zero-order valence-electron chi connectivity index (χ0n) is 10.9. The maximum absolute atomic E-state index is 11.4. The number of nitrogens with zero attached hydrogens (tertiary/aromatic N) is 2. The van der Waals surface area contributed by atoms with Crippen molar-refractivity contribution in [1.82, 2.24) is 20.4 Å². The highest BCUT2D eigenvalue weighted by atomic mass is 16.4. The third kappa shape index (κ3) is 5.38. The Morgan fingerprint density at radius 2 is 2.10 bits per heavy atom. The normalized spacial score (nSPS) is 11.7. The number of hydrogen-bond acceptors (Lipinski definition) is 4. The van der Waals surface area contributed by atoms with Gasteiger partial charge in [-0.2, -0.15) is 5.10 Å². The van der Waals surface area contributed by atoms with Gasteiger partial charge in [-0.3, -0.25) is 9.48 Å². The van der Waals surface area contributed by atoms with E-state index in [1.165, 1.54) is 0 Å². The molecule has 0 aliphatic heterocycles. The Bertz CT molecular complexity index is 499. The average molecular weight is 284 g/mol. The van der Waals surface area contributed by atoms with Crippen molar-refractivity contribution in [2.24, 2.45) is 7.05 Å². The van der Waals surface area contributed by atoms with Crippen LogP contribution < -0.4 is 10.6 Å². The SMILES string of the molecule is Cn1cc(CCNC(=O)N[C@@H](CC(=O)O)C(=O)O)cn1. The minimum absolute atomic E-state index is 0.289. The van der Waals surface area contributed by atoms with E-state index in [9.17, 15) is 14.4 Å². The zero-order valence-corrected chi connectivity index (χ0v) is 10.9. The number of amides is 2. The van der Waals surface area contributed by atoms with Gasteiger partial charge >= 0.3 is 18.0 Å². The summed E-state index contributed by atoms with van der Waals surface area (Å²) in [6, 6.07) is -2.17. The maximum Gasteiger partial charge on any atom is 0.326 e. The van der Waals surface area contributed by atoms with E-state index in [-0.39, 0.29) is 6.54 Å². The molecule has 0 fully saturated rings. The van der Waals surface area contributed by atoms with Crippen LogP contribution in [-0.4, -0.2) is 50.5 Å². The molecule has 1 heterocycles. The Morgan fingerprint density at radius 1 is 1.40 bits per heavy atom. The van der Waals surface area contributed by atoms with Crippen LogP contribution in [0.1, 0.15) is 12.0 Å². The van der Waals surface area contributed by atoms with Crippen molar-refractivity contribution in [2.75, 3.05) is 6.54 Å². The number of carboxylic acid groups (broad SMARTS) is 2. The molecule has 4 N–H and O–H groups in total. The van der Waals surface area contributed by atoms with Crippen molar-refractivity contribution >= 4 is 18.0 Å². The van der Waals surface area contributed by atoms with Crippen LogP contribution in [-0.2, 0) is 23.1 Å². The van der Waals surface area contributed by atoms with E-state index < -0.39 is 30.4 Å². The number of carboxylic acids is 2. The Balaban J connectivity index is 2.34. The Morgan fingerprint density at radius 3 is 2.60 bits per heavy atom. The summed E-state index contributed by atoms with van der Waals surface area (Å²) in [4.78, 5) is 32.6. The number of urea groups is 1. The predicted molar refractivity (Wildman–Crippen MR) is 67.1 cm³/mol. The molecule has 9 nitrogen and oxygen atoms in total. The number of carbonyl (C=O) groups is 3. The monoisotopic (exact) mass is 284 g/mol. The summed E-state index contributed by atoms with van der Waals surface area (Å²) in [5.41, 5.74) is 0.924. The second kappa shape index (κ2) is 7.12. The van der Waals surface area contributed by atoms with Crippen molar-refractivity contribution in [3.63, 3.8) is 0 Å². The van der Waals surface area contributed by atoms with Gasteiger partial charge in [0.1, 0.15) is 6.04 Å². The van der Waals surface area contributed by atoms with E-state index in [1.54, 1.807) is 24.1 Å². The third-order valence-electron chi connectivity index (χ3n) is 2.44. The summed E-state index contributed by atoms with van der Waals surface area (Å²) in [6.45, 7) is 0.289. The molecule has 0 aliphatic carbocycles. The molecule has 0 bridgehead atoms. The molecule has 0 spiro atoms. The van der Waals surface area contributed by atoms with Gasteiger partial charge in [0.2, 0.25) is 0 Å². The number of aryl methyl sites for hydroxylation is 1. The lowest BCUT2D eigenvalue weighted by atomic mass is 10.2. The first kappa shape index (κ1) is 15.5. The highest BCUT2D eigenvalue weighted by Crippen LogP contribution is 1.96. The van der Waals surface area contributed by atoms with Crippen molar-refractivity contribution in [2.45, 2.75) is 18.9 Å². The standard InChI is InChI=1S/C11H16N4O5/c1-15-6-7(5-13-15)2-3-12-11(20)14-8(10(18)19)4-9(16)17/h5-6,8H,2-4H2,1H3,(H,16,17)(H,18,19)(H2,12,14,20)/t8-/m0/s1. The second-order valence-corrected chi connectivity index (χ2v) is 4.16. The first-order valence-electron chi connectivity index (χ1n) is 5.85. The van der Waals surface area contributed by atoms with E-state index in [2.05, 4.69) is 15.7 Å². The molecule has 20 heavy (non-hydrogen) atoms. The molecule has 0 saturated carbocycles. The van der Waals surface area contributed by atoms with Crippen LogP contribution in [0.15, 0.2) is 12.4 Å². The average Bonchev–Trinajstić information content (AvgIpc) is 2.73. The molecule has 1 aromatic heterocycles. The van der Waals surface area contributed by atoms with E-state index in [0.29, 0.717) is 6.42 Å². The van der Waals surface area contributed by atoms with Gasteiger partial charge < -0.3 is 20.8 Å². The summed E-state index contributed by atoms with van der Waals surface area (Å²) in [5.74, 6) is -2.69. The molecule has 0 saturated heterocycles. The largest absolute Gasteiger partial charge is 0.481 e. The van der Waals surface area contributed by atoms with Crippen LogP contribution in [0.2, 0.25) is 0 Å². The molecule has 110 valence electrons. The number of hydrogen-bond donors (Lipinski definition) is 4. The van der Waals surface area contributed by atoms with Gasteiger partial charge in [0.05, 0.1) is 12.6 Å². The number of rotatable bonds is 7. The molecule has 9 heteroatoms. The first-order valence-corrected chi connectivity index (χ1v) is 5.85. The van der Waals surface area contributed by atoms with E-state index in [0.717, 1.165) is 5.56 Å². The van der Waals surface area contributed by atoms with Crippen molar-refractivity contribution in [3.8, 4) is 0 Å². The molecule has 0 aromatic carbocycles. The van der Waals surface area contributed by atoms with Crippen molar-refractivity contribution in [3.05, 3.63) is 18.0 Å². The van der Waals surface area contributed by atoms with Crippen LogP contribution in [0.4, 0.5) is 4.79 Å². The number of aromatic nitrogens is 2. The zero-order chi connectivity index (χ0) is 15.1. The van der Waals surface area contributed by atoms with Crippen LogP contribution >= 0.6 is 0 Å². The summed E-state index contributed by atoms with van der Waals surface area (Å²) in [7, 11) is 1.77. The van der Waals surface area contributed by atoms with E-state index in [1.807, 2.05) is 0 Å². The van der Waals surface area contributed by atoms with Gasteiger partial charge in [-0.05, 0) is 12.0 Å². The summed E-state index contributed by atoms with van der Waals surface area (Å²) < 4.78 is 1.63. The van der Waals surface area contributed by atoms with E-state index in [4.69, 9.17) is 10.2 Å². The lowest BCUT2D eigenvalue weighted by Gasteiger charge is -2.13. The summed E-state index contributed by atoms with van der Waals surface area (Å²) in [5, 5.41) is 25.8. The number of aliphatic carboxylic acids is 2. The van der Waals surface area contributed by atoms with Gasteiger partial charge in [-0.25, -0.2) is 9.59 Å². The quantitative estimate of drug-likeness (QED) is 0.517. The van der Waals surface area contributed by atoms with Gasteiger partial charge in [-0.1, -0.05) is 0 Å².